The fourth-order valence-electron chi connectivity index (χ4n) is 2.60. The molecule has 3 rings (SSSR count). The number of hydrogen-bond donors (Lipinski definition) is 1. The molecule has 0 radical (unpaired) electrons. The van der Waals surface area contributed by atoms with Crippen LogP contribution < -0.4 is 4.90 Å². The highest BCUT2D eigenvalue weighted by Crippen LogP contribution is 2.40. The average Bonchev–Trinajstić information content (AvgIpc) is 3.17. The highest BCUT2D eigenvalue weighted by Gasteiger charge is 2.35. The van der Waals surface area contributed by atoms with E-state index in [0.29, 0.717) is 11.6 Å². The van der Waals surface area contributed by atoms with Crippen molar-refractivity contribution in [2.45, 2.75) is 44.8 Å². The van der Waals surface area contributed by atoms with Gasteiger partial charge < -0.3 is 10.0 Å². The van der Waals surface area contributed by atoms with Crippen LogP contribution in [0.15, 0.2) is 18.2 Å². The third-order valence-corrected chi connectivity index (χ3v) is 3.90. The van der Waals surface area contributed by atoms with Crippen LogP contribution in [0.25, 0.3) is 0 Å². The number of benzene rings is 1. The standard InChI is InChI=1S/C15H20FNO/c1-10(18)15-13(16)3-2-4-14(15)17(12-7-8-12)9-11-5-6-11/h2-4,10-12,18H,5-9H2,1H3/t10-/m0/s1. The van der Waals surface area contributed by atoms with Gasteiger partial charge in [0.25, 0.3) is 0 Å². The molecule has 98 valence electrons. The van der Waals surface area contributed by atoms with Gasteiger partial charge in [-0.15, -0.1) is 0 Å². The van der Waals surface area contributed by atoms with Crippen LogP contribution in [0.4, 0.5) is 10.1 Å². The first kappa shape index (κ1) is 12.0. The molecule has 2 nitrogen and oxygen atoms in total. The van der Waals surface area contributed by atoms with Crippen molar-refractivity contribution in [2.24, 2.45) is 5.92 Å². The van der Waals surface area contributed by atoms with Crippen LogP contribution >= 0.6 is 0 Å². The lowest BCUT2D eigenvalue weighted by atomic mass is 10.1. The van der Waals surface area contributed by atoms with Crippen LogP contribution in [0.2, 0.25) is 0 Å². The molecule has 2 aliphatic carbocycles. The SMILES string of the molecule is C[C@H](O)c1c(F)cccc1N(CC1CC1)C1CC1. The quantitative estimate of drug-likeness (QED) is 0.865. The first-order valence-electron chi connectivity index (χ1n) is 6.90. The van der Waals surface area contributed by atoms with E-state index in [1.54, 1.807) is 13.0 Å². The zero-order valence-electron chi connectivity index (χ0n) is 10.8. The fourth-order valence-corrected chi connectivity index (χ4v) is 2.60. The summed E-state index contributed by atoms with van der Waals surface area (Å²) in [5, 5.41) is 9.82. The number of aliphatic hydroxyl groups excluding tert-OH is 1. The molecule has 0 heterocycles. The summed E-state index contributed by atoms with van der Waals surface area (Å²) < 4.78 is 13.9. The maximum Gasteiger partial charge on any atom is 0.131 e. The minimum Gasteiger partial charge on any atom is -0.389 e. The Labute approximate surface area is 107 Å². The minimum atomic E-state index is -0.748. The van der Waals surface area contributed by atoms with Gasteiger partial charge >= 0.3 is 0 Å². The molecule has 0 amide bonds. The van der Waals surface area contributed by atoms with E-state index >= 15 is 0 Å². The number of anilines is 1. The predicted molar refractivity (Wildman–Crippen MR) is 70.1 cm³/mol. The molecular formula is C15H20FNO. The van der Waals surface area contributed by atoms with Crippen LogP contribution in [-0.4, -0.2) is 17.7 Å². The molecule has 0 saturated heterocycles. The molecule has 1 N–H and O–H groups in total. The third kappa shape index (κ3) is 2.37. The van der Waals surface area contributed by atoms with E-state index in [9.17, 15) is 9.50 Å². The molecule has 0 unspecified atom stereocenters. The largest absolute Gasteiger partial charge is 0.389 e. The monoisotopic (exact) mass is 249 g/mol. The maximum atomic E-state index is 13.9. The van der Waals surface area contributed by atoms with E-state index in [2.05, 4.69) is 4.90 Å². The normalized spacial score (nSPS) is 20.8. The van der Waals surface area contributed by atoms with E-state index in [1.807, 2.05) is 6.07 Å². The van der Waals surface area contributed by atoms with Gasteiger partial charge in [0.15, 0.2) is 0 Å². The molecule has 1 aromatic rings. The first-order valence-corrected chi connectivity index (χ1v) is 6.90. The van der Waals surface area contributed by atoms with Gasteiger partial charge in [0, 0.05) is 23.8 Å². The second-order valence-electron chi connectivity index (χ2n) is 5.68. The molecule has 1 aromatic carbocycles. The second kappa shape index (κ2) is 4.54. The minimum absolute atomic E-state index is 0.288. The van der Waals surface area contributed by atoms with Crippen LogP contribution in [0.3, 0.4) is 0 Å². The summed E-state index contributed by atoms with van der Waals surface area (Å²) in [6, 6.07) is 5.70. The van der Waals surface area contributed by atoms with Gasteiger partial charge in [0.1, 0.15) is 5.82 Å². The molecule has 3 heteroatoms. The van der Waals surface area contributed by atoms with Gasteiger partial charge in [-0.2, -0.15) is 0 Å². The van der Waals surface area contributed by atoms with Crippen molar-refractivity contribution >= 4 is 5.69 Å². The summed E-state index contributed by atoms with van der Waals surface area (Å²) in [4.78, 5) is 2.32. The average molecular weight is 249 g/mol. The Morgan fingerprint density at radius 1 is 1.33 bits per heavy atom. The molecule has 2 saturated carbocycles. The molecule has 0 aromatic heterocycles. The highest BCUT2D eigenvalue weighted by atomic mass is 19.1. The lowest BCUT2D eigenvalue weighted by molar-refractivity contribution is 0.194. The molecule has 2 fully saturated rings. The fraction of sp³-hybridized carbons (Fsp3) is 0.600. The van der Waals surface area contributed by atoms with E-state index < -0.39 is 6.10 Å². The molecule has 0 aliphatic heterocycles. The van der Waals surface area contributed by atoms with Crippen LogP contribution in [0.5, 0.6) is 0 Å². The maximum absolute atomic E-state index is 13.9. The van der Waals surface area contributed by atoms with E-state index in [-0.39, 0.29) is 5.82 Å². The summed E-state index contributed by atoms with van der Waals surface area (Å²) in [7, 11) is 0. The number of aliphatic hydroxyl groups is 1. The van der Waals surface area contributed by atoms with Gasteiger partial charge in [0.05, 0.1) is 6.10 Å². The molecule has 0 spiro atoms. The Hall–Kier alpha value is -1.09. The molecular weight excluding hydrogens is 229 g/mol. The number of nitrogens with zero attached hydrogens (tertiary/aromatic N) is 1. The van der Waals surface area contributed by atoms with E-state index in [4.69, 9.17) is 0 Å². The molecule has 18 heavy (non-hydrogen) atoms. The Balaban J connectivity index is 1.94. The molecule has 1 atom stereocenters. The number of halogens is 1. The van der Waals surface area contributed by atoms with Crippen molar-refractivity contribution in [3.8, 4) is 0 Å². The zero-order chi connectivity index (χ0) is 12.7. The smallest absolute Gasteiger partial charge is 0.131 e. The number of rotatable bonds is 5. The van der Waals surface area contributed by atoms with Crippen molar-refractivity contribution < 1.29 is 9.50 Å². The highest BCUT2D eigenvalue weighted by molar-refractivity contribution is 5.57. The van der Waals surface area contributed by atoms with Crippen molar-refractivity contribution in [1.29, 1.82) is 0 Å². The first-order chi connectivity index (χ1) is 8.66. The van der Waals surface area contributed by atoms with Crippen molar-refractivity contribution in [3.05, 3.63) is 29.6 Å². The van der Waals surface area contributed by atoms with Gasteiger partial charge in [-0.1, -0.05) is 6.07 Å². The summed E-state index contributed by atoms with van der Waals surface area (Å²) in [5.41, 5.74) is 1.37. The van der Waals surface area contributed by atoms with Crippen molar-refractivity contribution in [1.82, 2.24) is 0 Å². The lowest BCUT2D eigenvalue weighted by Gasteiger charge is -2.28. The van der Waals surface area contributed by atoms with Crippen LogP contribution in [-0.2, 0) is 0 Å². The topological polar surface area (TPSA) is 23.5 Å². The van der Waals surface area contributed by atoms with Crippen molar-refractivity contribution in [2.75, 3.05) is 11.4 Å². The third-order valence-electron chi connectivity index (χ3n) is 3.90. The Bertz CT molecular complexity index is 438. The van der Waals surface area contributed by atoms with Crippen molar-refractivity contribution in [3.63, 3.8) is 0 Å². The summed E-state index contributed by atoms with van der Waals surface area (Å²) in [6.45, 7) is 2.66. The Morgan fingerprint density at radius 2 is 2.06 bits per heavy atom. The lowest BCUT2D eigenvalue weighted by Crippen LogP contribution is -2.29. The Morgan fingerprint density at radius 3 is 2.61 bits per heavy atom. The zero-order valence-corrected chi connectivity index (χ0v) is 10.8. The number of hydrogen-bond acceptors (Lipinski definition) is 2. The van der Waals surface area contributed by atoms with Crippen LogP contribution in [0, 0.1) is 11.7 Å². The van der Waals surface area contributed by atoms with Gasteiger partial charge in [0.2, 0.25) is 0 Å². The van der Waals surface area contributed by atoms with Gasteiger partial charge in [-0.25, -0.2) is 4.39 Å². The Kier molecular flexibility index (Phi) is 3.02. The summed E-state index contributed by atoms with van der Waals surface area (Å²) in [5.74, 6) is 0.486. The van der Waals surface area contributed by atoms with Crippen LogP contribution in [0.1, 0.15) is 44.3 Å². The van der Waals surface area contributed by atoms with Gasteiger partial charge in [-0.05, 0) is 50.7 Å². The second-order valence-corrected chi connectivity index (χ2v) is 5.68. The predicted octanol–water partition coefficient (Wildman–Crippen LogP) is 3.26. The van der Waals surface area contributed by atoms with Gasteiger partial charge in [-0.3, -0.25) is 0 Å². The molecule has 0 bridgehead atoms. The van der Waals surface area contributed by atoms with E-state index in [1.165, 1.54) is 31.7 Å². The molecule has 2 aliphatic rings. The summed E-state index contributed by atoms with van der Waals surface area (Å²) >= 11 is 0. The summed E-state index contributed by atoms with van der Waals surface area (Å²) in [6.07, 6.45) is 4.23. The van der Waals surface area contributed by atoms with E-state index in [0.717, 1.165) is 18.2 Å².